The molecule has 1 unspecified atom stereocenters. The number of benzene rings is 1. The molecule has 2 heterocycles. The maximum absolute atomic E-state index is 15.5. The van der Waals surface area contributed by atoms with Crippen LogP contribution in [0, 0.1) is 5.82 Å². The lowest BCUT2D eigenvalue weighted by Gasteiger charge is -2.31. The Hall–Kier alpha value is -3.76. The lowest BCUT2D eigenvalue weighted by molar-refractivity contribution is -0.684. The molecule has 1 aromatic carbocycles. The Morgan fingerprint density at radius 2 is 1.83 bits per heavy atom. The second-order valence-corrected chi connectivity index (χ2v) is 8.49. The molecule has 11 heteroatoms. The lowest BCUT2D eigenvalue weighted by atomic mass is 10.0. The molecule has 0 saturated heterocycles. The summed E-state index contributed by atoms with van der Waals surface area (Å²) in [5.74, 6) is -0.959. The normalized spacial score (nSPS) is 14.4. The second kappa shape index (κ2) is 9.85. The molecule has 3 aromatic rings. The van der Waals surface area contributed by atoms with E-state index in [1.165, 1.54) is 18.5 Å². The van der Waals surface area contributed by atoms with Gasteiger partial charge in [-0.25, -0.2) is 9.97 Å². The molecule has 184 valence electrons. The van der Waals surface area contributed by atoms with Gasteiger partial charge in [0, 0.05) is 24.7 Å². The zero-order valence-corrected chi connectivity index (χ0v) is 19.0. The molecular formula is C24H25F4N6O+. The van der Waals surface area contributed by atoms with E-state index in [4.69, 9.17) is 5.73 Å². The van der Waals surface area contributed by atoms with E-state index in [-0.39, 0.29) is 30.8 Å². The highest BCUT2D eigenvalue weighted by atomic mass is 19.4. The highest BCUT2D eigenvalue weighted by Crippen LogP contribution is 2.40. The average molecular weight is 489 g/mol. The molecule has 4 rings (SSSR count). The molecule has 0 aliphatic heterocycles. The number of hydrogen-bond donors (Lipinski definition) is 2. The number of aromatic nitrogens is 3. The van der Waals surface area contributed by atoms with E-state index in [9.17, 15) is 18.0 Å². The summed E-state index contributed by atoms with van der Waals surface area (Å²) in [6.45, 7) is 2.16. The molecule has 1 aliphatic carbocycles. The van der Waals surface area contributed by atoms with Crippen LogP contribution in [0.4, 0.5) is 29.2 Å². The quantitative estimate of drug-likeness (QED) is 0.353. The van der Waals surface area contributed by atoms with Crippen molar-refractivity contribution in [1.29, 1.82) is 0 Å². The maximum atomic E-state index is 15.5. The SMILES string of the molecule is CC(c1ccc(C(F)(F)F)cc1)N(c1ncnc(NCc2cc[n+](CC(N)=O)cc2)c1F)C1CC1. The average Bonchev–Trinajstić information content (AvgIpc) is 3.65. The molecule has 3 N–H and O–H groups in total. The molecule has 0 radical (unpaired) electrons. The summed E-state index contributed by atoms with van der Waals surface area (Å²) >= 11 is 0. The highest BCUT2D eigenvalue weighted by Gasteiger charge is 2.36. The molecule has 1 fully saturated rings. The Morgan fingerprint density at radius 3 is 2.40 bits per heavy atom. The summed E-state index contributed by atoms with van der Waals surface area (Å²) < 4.78 is 55.9. The first-order valence-corrected chi connectivity index (χ1v) is 11.1. The monoisotopic (exact) mass is 489 g/mol. The van der Waals surface area contributed by atoms with Gasteiger partial charge in [-0.2, -0.15) is 22.1 Å². The Morgan fingerprint density at radius 1 is 1.17 bits per heavy atom. The van der Waals surface area contributed by atoms with Crippen molar-refractivity contribution in [2.75, 3.05) is 10.2 Å². The Balaban J connectivity index is 1.52. The van der Waals surface area contributed by atoms with E-state index in [1.807, 2.05) is 6.92 Å². The van der Waals surface area contributed by atoms with Gasteiger partial charge in [0.15, 0.2) is 24.0 Å². The zero-order valence-electron chi connectivity index (χ0n) is 19.0. The standard InChI is InChI=1S/C24H24F4N6O/c1-15(17-2-4-18(5-3-17)24(26,27)28)34(19-6-7-19)23-21(25)22(31-14-32-23)30-12-16-8-10-33(11-9-16)13-20(29)35/h2-5,8-11,14-15,19H,6-7,12-13H2,1H3,(H2-,29,30,31,32,35)/p+1. The first-order valence-electron chi connectivity index (χ1n) is 11.1. The van der Waals surface area contributed by atoms with Crippen molar-refractivity contribution in [3.63, 3.8) is 0 Å². The molecule has 7 nitrogen and oxygen atoms in total. The minimum absolute atomic E-state index is 0.0223. The fourth-order valence-corrected chi connectivity index (χ4v) is 3.88. The molecule has 35 heavy (non-hydrogen) atoms. The smallest absolute Gasteiger partial charge is 0.364 e. The number of nitrogens with one attached hydrogen (secondary N) is 1. The summed E-state index contributed by atoms with van der Waals surface area (Å²) in [7, 11) is 0. The molecule has 2 aromatic heterocycles. The lowest BCUT2D eigenvalue weighted by Crippen LogP contribution is -2.40. The van der Waals surface area contributed by atoms with Gasteiger partial charge in [0.05, 0.1) is 11.6 Å². The molecule has 0 bridgehead atoms. The van der Waals surface area contributed by atoms with Gasteiger partial charge < -0.3 is 16.0 Å². The number of primary amides is 1. The first kappa shape index (κ1) is 24.4. The van der Waals surface area contributed by atoms with Crippen molar-refractivity contribution < 1.29 is 26.9 Å². The molecule has 1 aliphatic rings. The molecule has 1 saturated carbocycles. The van der Waals surface area contributed by atoms with Gasteiger partial charge in [0.2, 0.25) is 12.4 Å². The number of nitrogens with two attached hydrogens (primary N) is 1. The van der Waals surface area contributed by atoms with Crippen LogP contribution in [-0.2, 0) is 24.1 Å². The predicted octanol–water partition coefficient (Wildman–Crippen LogP) is 3.75. The Labute approximate surface area is 199 Å². The van der Waals surface area contributed by atoms with Crippen LogP contribution in [0.2, 0.25) is 0 Å². The Bertz CT molecular complexity index is 1180. The van der Waals surface area contributed by atoms with Crippen LogP contribution in [0.1, 0.15) is 42.5 Å². The topological polar surface area (TPSA) is 88.0 Å². The van der Waals surface area contributed by atoms with Crippen LogP contribution >= 0.6 is 0 Å². The summed E-state index contributed by atoms with van der Waals surface area (Å²) in [4.78, 5) is 21.0. The number of halogens is 4. The van der Waals surface area contributed by atoms with Crippen LogP contribution in [0.3, 0.4) is 0 Å². The number of nitrogens with zero attached hydrogens (tertiary/aromatic N) is 4. The van der Waals surface area contributed by atoms with Gasteiger partial charge >= 0.3 is 6.18 Å². The number of amides is 1. The summed E-state index contributed by atoms with van der Waals surface area (Å²) in [5, 5.41) is 2.97. The second-order valence-electron chi connectivity index (χ2n) is 8.49. The van der Waals surface area contributed by atoms with Crippen molar-refractivity contribution in [1.82, 2.24) is 9.97 Å². The van der Waals surface area contributed by atoms with Gasteiger partial charge in [0.25, 0.3) is 5.91 Å². The minimum atomic E-state index is -4.42. The van der Waals surface area contributed by atoms with Gasteiger partial charge in [-0.1, -0.05) is 12.1 Å². The highest BCUT2D eigenvalue weighted by molar-refractivity contribution is 5.72. The van der Waals surface area contributed by atoms with Gasteiger partial charge in [0.1, 0.15) is 6.33 Å². The van der Waals surface area contributed by atoms with E-state index in [0.29, 0.717) is 5.56 Å². The number of carbonyl (C=O) groups is 1. The van der Waals surface area contributed by atoms with Crippen LogP contribution in [-0.4, -0.2) is 21.9 Å². The third kappa shape index (κ3) is 5.84. The Kier molecular flexibility index (Phi) is 6.86. The first-order chi connectivity index (χ1) is 16.6. The molecular weight excluding hydrogens is 464 g/mol. The fourth-order valence-electron chi connectivity index (χ4n) is 3.88. The number of pyridine rings is 1. The van der Waals surface area contributed by atoms with Crippen LogP contribution in [0.5, 0.6) is 0 Å². The van der Waals surface area contributed by atoms with Gasteiger partial charge in [-0.3, -0.25) is 4.79 Å². The van der Waals surface area contributed by atoms with E-state index < -0.39 is 29.5 Å². The van der Waals surface area contributed by atoms with Crippen LogP contribution in [0.25, 0.3) is 0 Å². The summed E-state index contributed by atoms with van der Waals surface area (Å²) in [6, 6.07) is 8.11. The van der Waals surface area contributed by atoms with Crippen molar-refractivity contribution in [3.05, 3.63) is 77.6 Å². The van der Waals surface area contributed by atoms with Crippen molar-refractivity contribution >= 4 is 17.5 Å². The van der Waals surface area contributed by atoms with E-state index in [2.05, 4.69) is 15.3 Å². The predicted molar refractivity (Wildman–Crippen MR) is 121 cm³/mol. The van der Waals surface area contributed by atoms with Gasteiger partial charge in [-0.05, 0) is 43.0 Å². The third-order valence-electron chi connectivity index (χ3n) is 5.85. The number of alkyl halides is 3. The summed E-state index contributed by atoms with van der Waals surface area (Å²) in [5.41, 5.74) is 5.92. The van der Waals surface area contributed by atoms with E-state index >= 15 is 4.39 Å². The number of carbonyl (C=O) groups excluding carboxylic acids is 1. The zero-order chi connectivity index (χ0) is 25.2. The number of rotatable bonds is 9. The third-order valence-corrected chi connectivity index (χ3v) is 5.85. The van der Waals surface area contributed by atoms with E-state index in [1.54, 1.807) is 34.0 Å². The minimum Gasteiger partial charge on any atom is -0.364 e. The molecule has 1 atom stereocenters. The van der Waals surface area contributed by atoms with Crippen molar-refractivity contribution in [2.45, 2.75) is 51.1 Å². The van der Waals surface area contributed by atoms with Crippen molar-refractivity contribution in [3.8, 4) is 0 Å². The number of hydrogen-bond acceptors (Lipinski definition) is 5. The van der Waals surface area contributed by atoms with Crippen LogP contribution < -0.4 is 20.5 Å². The molecule has 0 spiro atoms. The van der Waals surface area contributed by atoms with E-state index in [0.717, 1.165) is 30.5 Å². The maximum Gasteiger partial charge on any atom is 0.416 e. The largest absolute Gasteiger partial charge is 0.416 e. The number of anilines is 2. The van der Waals surface area contributed by atoms with Crippen LogP contribution in [0.15, 0.2) is 55.1 Å². The molecule has 1 amide bonds. The van der Waals surface area contributed by atoms with Gasteiger partial charge in [-0.15, -0.1) is 0 Å². The fraction of sp³-hybridized carbons (Fsp3) is 0.333. The van der Waals surface area contributed by atoms with Crippen molar-refractivity contribution in [2.24, 2.45) is 5.73 Å². The summed E-state index contributed by atoms with van der Waals surface area (Å²) in [6.07, 6.45) is 1.92.